The molecule has 1 amide bonds. The number of H-pyrrole nitrogens is 1. The van der Waals surface area contributed by atoms with Crippen LogP contribution in [0.5, 0.6) is 0 Å². The first kappa shape index (κ1) is 14.7. The van der Waals surface area contributed by atoms with Gasteiger partial charge in [-0.25, -0.2) is 4.98 Å². The Hall–Kier alpha value is -1.18. The third-order valence-electron chi connectivity index (χ3n) is 4.37. The molecule has 0 bridgehead atoms. The van der Waals surface area contributed by atoms with Crippen LogP contribution in [0.1, 0.15) is 18.7 Å². The van der Waals surface area contributed by atoms with Crippen molar-refractivity contribution in [2.75, 3.05) is 20.7 Å². The van der Waals surface area contributed by atoms with Crippen molar-refractivity contribution in [3.05, 3.63) is 11.1 Å². The summed E-state index contributed by atoms with van der Waals surface area (Å²) >= 11 is 5.63. The first-order chi connectivity index (χ1) is 10.1. The van der Waals surface area contributed by atoms with Crippen molar-refractivity contribution < 1.29 is 9.53 Å². The van der Waals surface area contributed by atoms with Crippen LogP contribution in [0.4, 0.5) is 0 Å². The van der Waals surface area contributed by atoms with E-state index in [1.165, 1.54) is 0 Å². The Bertz CT molecular complexity index is 520. The minimum Gasteiger partial charge on any atom is -0.376 e. The molecule has 3 rings (SSSR count). The second-order valence-corrected chi connectivity index (χ2v) is 6.22. The second kappa shape index (κ2) is 5.90. The Morgan fingerprint density at radius 3 is 3.05 bits per heavy atom. The van der Waals surface area contributed by atoms with Crippen molar-refractivity contribution in [2.45, 2.75) is 37.5 Å². The lowest BCUT2D eigenvalue weighted by Crippen LogP contribution is -2.69. The van der Waals surface area contributed by atoms with E-state index in [0.29, 0.717) is 24.6 Å². The number of nitrogens with one attached hydrogen (secondary N) is 2. The van der Waals surface area contributed by atoms with E-state index in [4.69, 9.17) is 16.3 Å². The maximum Gasteiger partial charge on any atom is 0.242 e. The zero-order chi connectivity index (χ0) is 15.0. The molecule has 0 radical (unpaired) electrons. The molecule has 1 aromatic rings. The summed E-state index contributed by atoms with van der Waals surface area (Å²) in [4.78, 5) is 18.2. The van der Waals surface area contributed by atoms with Gasteiger partial charge in [0.2, 0.25) is 11.2 Å². The van der Waals surface area contributed by atoms with Gasteiger partial charge in [-0.05, 0) is 32.1 Å². The SMILES string of the molecule is CN(C)[C@@H]1[C@@H](NC(=O)CCc2nc(Cl)n[nH]2)[C@H]2CCO[C@H]21. The lowest BCUT2D eigenvalue weighted by molar-refractivity contribution is -0.128. The van der Waals surface area contributed by atoms with Gasteiger partial charge in [-0.15, -0.1) is 5.10 Å². The fourth-order valence-corrected chi connectivity index (χ4v) is 3.50. The number of halogens is 1. The number of aryl methyl sites for hydroxylation is 1. The van der Waals surface area contributed by atoms with E-state index < -0.39 is 0 Å². The molecule has 1 saturated carbocycles. The highest BCUT2D eigenvalue weighted by atomic mass is 35.5. The van der Waals surface area contributed by atoms with Crippen molar-refractivity contribution >= 4 is 17.5 Å². The van der Waals surface area contributed by atoms with Gasteiger partial charge in [-0.3, -0.25) is 9.89 Å². The van der Waals surface area contributed by atoms with Crippen molar-refractivity contribution in [1.82, 2.24) is 25.4 Å². The molecule has 2 fully saturated rings. The molecule has 1 aromatic heterocycles. The number of amides is 1. The van der Waals surface area contributed by atoms with Crippen molar-refractivity contribution in [3.63, 3.8) is 0 Å². The van der Waals surface area contributed by atoms with Gasteiger partial charge in [-0.1, -0.05) is 0 Å². The minimum absolute atomic E-state index is 0.0322. The molecule has 7 nitrogen and oxygen atoms in total. The van der Waals surface area contributed by atoms with Crippen molar-refractivity contribution in [3.8, 4) is 0 Å². The number of likely N-dealkylation sites (N-methyl/N-ethyl adjacent to an activating group) is 1. The monoisotopic (exact) mass is 313 g/mol. The quantitative estimate of drug-likeness (QED) is 0.813. The molecule has 0 spiro atoms. The predicted molar refractivity (Wildman–Crippen MR) is 77.0 cm³/mol. The number of carbonyl (C=O) groups is 1. The highest BCUT2D eigenvalue weighted by Gasteiger charge is 2.55. The smallest absolute Gasteiger partial charge is 0.242 e. The van der Waals surface area contributed by atoms with Crippen molar-refractivity contribution in [1.29, 1.82) is 0 Å². The summed E-state index contributed by atoms with van der Waals surface area (Å²) in [5.74, 6) is 1.11. The molecular weight excluding hydrogens is 294 g/mol. The van der Waals surface area contributed by atoms with Crippen molar-refractivity contribution in [2.24, 2.45) is 5.92 Å². The minimum atomic E-state index is 0.0322. The third kappa shape index (κ3) is 2.90. The van der Waals surface area contributed by atoms with Crippen LogP contribution in [0.3, 0.4) is 0 Å². The molecule has 1 saturated heterocycles. The number of hydrogen-bond donors (Lipinski definition) is 2. The molecule has 2 heterocycles. The van der Waals surface area contributed by atoms with Crippen LogP contribution < -0.4 is 5.32 Å². The van der Waals surface area contributed by atoms with E-state index in [-0.39, 0.29) is 29.4 Å². The van der Waals surface area contributed by atoms with Crippen LogP contribution in [-0.2, 0) is 16.0 Å². The maximum absolute atomic E-state index is 12.1. The largest absolute Gasteiger partial charge is 0.376 e. The summed E-state index contributed by atoms with van der Waals surface area (Å²) in [6, 6.07) is 0.444. The Kier molecular flexibility index (Phi) is 4.14. The molecule has 116 valence electrons. The van der Waals surface area contributed by atoms with Crippen LogP contribution in [0.15, 0.2) is 0 Å². The zero-order valence-corrected chi connectivity index (χ0v) is 12.9. The van der Waals surface area contributed by atoms with E-state index in [0.717, 1.165) is 13.0 Å². The lowest BCUT2D eigenvalue weighted by Gasteiger charge is -2.50. The van der Waals surface area contributed by atoms with Crippen LogP contribution >= 0.6 is 11.6 Å². The normalized spacial score (nSPS) is 31.0. The maximum atomic E-state index is 12.1. The van der Waals surface area contributed by atoms with Gasteiger partial charge in [0.05, 0.1) is 18.2 Å². The van der Waals surface area contributed by atoms with Crippen LogP contribution in [0.2, 0.25) is 5.28 Å². The van der Waals surface area contributed by atoms with E-state index >= 15 is 0 Å². The molecule has 4 atom stereocenters. The lowest BCUT2D eigenvalue weighted by atomic mass is 9.71. The summed E-state index contributed by atoms with van der Waals surface area (Å²) in [6.45, 7) is 0.794. The standard InChI is InChI=1S/C13H20ClN5O2/c1-19(2)11-10(7-5-6-21-12(7)11)16-9(20)4-3-8-15-13(14)18-17-8/h7,10-12H,3-6H2,1-2H3,(H,16,20)(H,15,17,18)/t7-,10+,11-,12-/m1/s1. The Labute approximate surface area is 128 Å². The van der Waals surface area contributed by atoms with Gasteiger partial charge in [0.25, 0.3) is 0 Å². The third-order valence-corrected chi connectivity index (χ3v) is 4.54. The topological polar surface area (TPSA) is 83.1 Å². The average molecular weight is 314 g/mol. The van der Waals surface area contributed by atoms with Crippen LogP contribution in [-0.4, -0.2) is 64.9 Å². The summed E-state index contributed by atoms with van der Waals surface area (Å²) in [5.41, 5.74) is 0. The number of carbonyl (C=O) groups excluding carboxylic acids is 1. The molecule has 21 heavy (non-hydrogen) atoms. The summed E-state index contributed by atoms with van der Waals surface area (Å²) in [7, 11) is 4.05. The van der Waals surface area contributed by atoms with E-state index in [1.54, 1.807) is 0 Å². The van der Waals surface area contributed by atoms with E-state index in [1.807, 2.05) is 14.1 Å². The number of aromatic amines is 1. The van der Waals surface area contributed by atoms with Gasteiger partial charge in [0, 0.05) is 25.4 Å². The highest BCUT2D eigenvalue weighted by molar-refractivity contribution is 6.28. The fourth-order valence-electron chi connectivity index (χ4n) is 3.36. The van der Waals surface area contributed by atoms with Gasteiger partial charge in [0.1, 0.15) is 5.82 Å². The van der Waals surface area contributed by atoms with E-state index in [9.17, 15) is 4.79 Å². The van der Waals surface area contributed by atoms with Crippen LogP contribution in [0.25, 0.3) is 0 Å². The first-order valence-electron chi connectivity index (χ1n) is 7.20. The molecule has 0 aromatic carbocycles. The molecule has 2 N–H and O–H groups in total. The number of hydrogen-bond acceptors (Lipinski definition) is 5. The van der Waals surface area contributed by atoms with Gasteiger partial charge in [0.15, 0.2) is 0 Å². The summed E-state index contributed by atoms with van der Waals surface area (Å²) in [5, 5.41) is 9.76. The number of ether oxygens (including phenoxy) is 1. The molecule has 8 heteroatoms. The van der Waals surface area contributed by atoms with Gasteiger partial charge in [-0.2, -0.15) is 0 Å². The Morgan fingerprint density at radius 2 is 2.38 bits per heavy atom. The summed E-state index contributed by atoms with van der Waals surface area (Å²) < 4.78 is 5.74. The molecule has 0 unspecified atom stereocenters. The summed E-state index contributed by atoms with van der Waals surface area (Å²) in [6.07, 6.45) is 2.17. The van der Waals surface area contributed by atoms with Gasteiger partial charge < -0.3 is 15.0 Å². The Balaban J connectivity index is 1.52. The van der Waals surface area contributed by atoms with Crippen LogP contribution in [0, 0.1) is 5.92 Å². The zero-order valence-electron chi connectivity index (χ0n) is 12.2. The molecule has 1 aliphatic carbocycles. The molecular formula is C13H20ClN5O2. The number of fused-ring (bicyclic) bond motifs is 1. The number of nitrogens with zero attached hydrogens (tertiary/aromatic N) is 3. The predicted octanol–water partition coefficient (Wildman–Crippen LogP) is 0.224. The highest BCUT2D eigenvalue weighted by Crippen LogP contribution is 2.41. The molecule has 1 aliphatic heterocycles. The van der Waals surface area contributed by atoms with E-state index in [2.05, 4.69) is 25.4 Å². The Morgan fingerprint density at radius 1 is 1.57 bits per heavy atom. The number of aromatic nitrogens is 3. The first-order valence-corrected chi connectivity index (χ1v) is 7.58. The average Bonchev–Trinajstić information content (AvgIpc) is 3.00. The molecule has 2 aliphatic rings. The fraction of sp³-hybridized carbons (Fsp3) is 0.769. The van der Waals surface area contributed by atoms with Gasteiger partial charge >= 0.3 is 0 Å². The number of rotatable bonds is 5. The second-order valence-electron chi connectivity index (χ2n) is 5.89.